The van der Waals surface area contributed by atoms with Gasteiger partial charge in [0.05, 0.1) is 22.8 Å². The maximum atomic E-state index is 13.6. The van der Waals surface area contributed by atoms with Crippen molar-refractivity contribution in [1.29, 1.82) is 0 Å². The van der Waals surface area contributed by atoms with Crippen molar-refractivity contribution in [2.24, 2.45) is 7.05 Å². The Bertz CT molecular complexity index is 2090. The number of piperidine rings is 2. The van der Waals surface area contributed by atoms with Gasteiger partial charge in [0.2, 0.25) is 21.9 Å². The zero-order valence-electron chi connectivity index (χ0n) is 30.0. The number of imide groups is 1. The van der Waals surface area contributed by atoms with Gasteiger partial charge in [0.25, 0.3) is 0 Å². The van der Waals surface area contributed by atoms with E-state index in [4.69, 9.17) is 0 Å². The number of amides is 3. The topological polar surface area (TPSA) is 155 Å². The summed E-state index contributed by atoms with van der Waals surface area (Å²) in [6.45, 7) is 2.97. The lowest BCUT2D eigenvalue weighted by Crippen LogP contribution is -2.49. The van der Waals surface area contributed by atoms with Crippen LogP contribution in [0.1, 0.15) is 50.5 Å². The summed E-state index contributed by atoms with van der Waals surface area (Å²) in [6, 6.07) is 13.0. The Morgan fingerprint density at radius 3 is 2.44 bits per heavy atom. The van der Waals surface area contributed by atoms with Gasteiger partial charge >= 0.3 is 12.6 Å². The third-order valence-corrected chi connectivity index (χ3v) is 13.1. The number of hydrogen-bond donors (Lipinski definition) is 2. The van der Waals surface area contributed by atoms with Gasteiger partial charge in [-0.3, -0.25) is 19.7 Å². The van der Waals surface area contributed by atoms with Crippen LogP contribution in [0.3, 0.4) is 0 Å². The molecular weight excluding hydrogens is 741 g/mol. The van der Waals surface area contributed by atoms with E-state index in [1.165, 1.54) is 27.2 Å². The van der Waals surface area contributed by atoms with Crippen molar-refractivity contribution in [2.45, 2.75) is 72.6 Å². The second kappa shape index (κ2) is 16.1. The second-order valence-electron chi connectivity index (χ2n) is 13.9. The Balaban J connectivity index is 0.889. The molecule has 3 saturated heterocycles. The van der Waals surface area contributed by atoms with E-state index >= 15 is 0 Å². The van der Waals surface area contributed by atoms with Crippen molar-refractivity contribution in [1.82, 2.24) is 34.3 Å². The number of fused-ring (bicyclic) bond motifs is 1. The molecule has 14 nitrogen and oxygen atoms in total. The summed E-state index contributed by atoms with van der Waals surface area (Å²) in [7, 11) is -1.82. The van der Waals surface area contributed by atoms with Crippen LogP contribution in [0.4, 0.5) is 25.3 Å². The third-order valence-electron chi connectivity index (χ3n) is 10.2. The van der Waals surface area contributed by atoms with Gasteiger partial charge in [-0.15, -0.1) is 11.8 Å². The van der Waals surface area contributed by atoms with Gasteiger partial charge in [0.15, 0.2) is 11.6 Å². The molecule has 54 heavy (non-hydrogen) atoms. The van der Waals surface area contributed by atoms with Crippen molar-refractivity contribution in [3.8, 4) is 5.75 Å². The Kier molecular flexibility index (Phi) is 11.3. The highest BCUT2D eigenvalue weighted by molar-refractivity contribution is 8.00. The zero-order chi connectivity index (χ0) is 38.0. The van der Waals surface area contributed by atoms with Gasteiger partial charge in [-0.2, -0.15) is 18.2 Å². The van der Waals surface area contributed by atoms with E-state index in [0.29, 0.717) is 44.2 Å². The van der Waals surface area contributed by atoms with Gasteiger partial charge in [0, 0.05) is 61.2 Å². The molecule has 7 rings (SSSR count). The number of nitrogens with zero attached hydrogens (tertiary/aromatic N) is 7. The summed E-state index contributed by atoms with van der Waals surface area (Å²) >= 11 is 1.67. The van der Waals surface area contributed by atoms with Crippen LogP contribution < -0.4 is 20.3 Å². The molecule has 0 aliphatic carbocycles. The van der Waals surface area contributed by atoms with Crippen LogP contribution in [0.25, 0.3) is 10.9 Å². The van der Waals surface area contributed by atoms with Crippen LogP contribution in [0.15, 0.2) is 64.6 Å². The van der Waals surface area contributed by atoms with Crippen molar-refractivity contribution < 1.29 is 31.5 Å². The van der Waals surface area contributed by atoms with E-state index in [2.05, 4.69) is 54.4 Å². The molecule has 0 radical (unpaired) electrons. The predicted molar refractivity (Wildman–Crippen MR) is 200 cm³/mol. The van der Waals surface area contributed by atoms with E-state index in [0.717, 1.165) is 48.3 Å². The number of alkyl halides is 2. The fourth-order valence-corrected chi connectivity index (χ4v) is 10.1. The average molecular weight is 784 g/mol. The number of aryl methyl sites for hydroxylation is 1. The number of rotatable bonds is 12. The smallest absolute Gasteiger partial charge is 0.387 e. The number of hydrogen-bond acceptors (Lipinski definition) is 11. The summed E-state index contributed by atoms with van der Waals surface area (Å²) in [5.41, 5.74) is 2.20. The summed E-state index contributed by atoms with van der Waals surface area (Å²) < 4.78 is 59.6. The summed E-state index contributed by atoms with van der Waals surface area (Å²) in [5, 5.41) is 11.3. The van der Waals surface area contributed by atoms with E-state index in [-0.39, 0.29) is 40.2 Å². The van der Waals surface area contributed by atoms with Crippen molar-refractivity contribution >= 4 is 56.4 Å². The van der Waals surface area contributed by atoms with Crippen LogP contribution in [-0.4, -0.2) is 106 Å². The number of sulfonamides is 1. The third kappa shape index (κ3) is 8.61. The minimum Gasteiger partial charge on any atom is -0.432 e. The highest BCUT2D eigenvalue weighted by Crippen LogP contribution is 2.35. The first kappa shape index (κ1) is 37.9. The SMILES string of the molecule is CC(CN1CCC(c2ccc3c(N4CCC(=O)NC4=O)nn(C)c3c2)CC1)Sc1cccc(S(=O)(=O)N2CCC(Nc3ncc(OC(F)F)cn3)CC2)c1. The first-order chi connectivity index (χ1) is 25.9. The molecule has 0 spiro atoms. The molecule has 5 heterocycles. The number of nitrogens with one attached hydrogen (secondary N) is 2. The number of ether oxygens (including phenoxy) is 1. The lowest BCUT2D eigenvalue weighted by molar-refractivity contribution is -0.120. The first-order valence-electron chi connectivity index (χ1n) is 18.0. The second-order valence-corrected chi connectivity index (χ2v) is 17.4. The molecule has 3 aliphatic rings. The molecule has 4 aromatic rings. The Labute approximate surface area is 316 Å². The van der Waals surface area contributed by atoms with Crippen molar-refractivity contribution in [3.63, 3.8) is 0 Å². The first-order valence-corrected chi connectivity index (χ1v) is 20.4. The highest BCUT2D eigenvalue weighted by atomic mass is 32.2. The average Bonchev–Trinajstić information content (AvgIpc) is 3.47. The molecule has 1 unspecified atom stereocenters. The largest absolute Gasteiger partial charge is 0.432 e. The molecule has 3 aliphatic heterocycles. The van der Waals surface area contributed by atoms with Crippen molar-refractivity contribution in [2.75, 3.05) is 49.5 Å². The van der Waals surface area contributed by atoms with E-state index in [1.807, 2.05) is 19.2 Å². The molecule has 0 saturated carbocycles. The van der Waals surface area contributed by atoms with E-state index in [1.54, 1.807) is 34.6 Å². The minimum atomic E-state index is -3.69. The minimum absolute atomic E-state index is 0.0609. The summed E-state index contributed by atoms with van der Waals surface area (Å²) in [6.07, 6.45) is 5.70. The fourth-order valence-electron chi connectivity index (χ4n) is 7.39. The molecule has 2 N–H and O–H groups in total. The van der Waals surface area contributed by atoms with Crippen LogP contribution in [0.5, 0.6) is 5.75 Å². The van der Waals surface area contributed by atoms with Crippen LogP contribution in [-0.2, 0) is 21.9 Å². The Morgan fingerprint density at radius 1 is 1.00 bits per heavy atom. The number of carbonyl (C=O) groups excluding carboxylic acids is 2. The molecule has 0 bridgehead atoms. The van der Waals surface area contributed by atoms with Gasteiger partial charge in [-0.1, -0.05) is 19.1 Å². The molecule has 3 amide bonds. The Morgan fingerprint density at radius 2 is 1.74 bits per heavy atom. The predicted octanol–water partition coefficient (Wildman–Crippen LogP) is 5.04. The highest BCUT2D eigenvalue weighted by Gasteiger charge is 2.31. The number of benzene rings is 2. The lowest BCUT2D eigenvalue weighted by atomic mass is 9.89. The van der Waals surface area contributed by atoms with Gasteiger partial charge in [-0.05, 0) is 80.6 Å². The molecule has 2 aromatic carbocycles. The lowest BCUT2D eigenvalue weighted by Gasteiger charge is -2.33. The van der Waals surface area contributed by atoms with Crippen LogP contribution in [0.2, 0.25) is 0 Å². The normalized spacial score (nSPS) is 19.0. The number of aromatic nitrogens is 4. The number of thioether (sulfide) groups is 1. The van der Waals surface area contributed by atoms with Crippen LogP contribution >= 0.6 is 11.8 Å². The molecule has 1 atom stereocenters. The number of carbonyl (C=O) groups is 2. The number of halogens is 2. The fraction of sp³-hybridized carbons (Fsp3) is 0.472. The standard InChI is InChI=1S/C36H43F2N9O5S2/c1-23(22-45-13-8-24(9-14-45)25-6-7-30-31(18-25)44(2)43-33(30)47-17-12-32(48)42-36(47)49)53-28-4-3-5-29(19-28)54(50,51)46-15-10-26(11-16-46)41-35-39-20-27(21-40-35)52-34(37)38/h3-7,18-21,23-24,26,34H,8-17,22H2,1-2H3,(H,39,40,41)(H,42,48,49). The molecule has 288 valence electrons. The molecular formula is C36H43F2N9O5S2. The molecule has 2 aromatic heterocycles. The van der Waals surface area contributed by atoms with Gasteiger partial charge in [-0.25, -0.2) is 23.2 Å². The van der Waals surface area contributed by atoms with E-state index < -0.39 is 22.7 Å². The molecule has 18 heteroatoms. The van der Waals surface area contributed by atoms with E-state index in [9.17, 15) is 26.8 Å². The maximum Gasteiger partial charge on any atom is 0.387 e. The van der Waals surface area contributed by atoms with Gasteiger partial charge in [0.1, 0.15) is 0 Å². The van der Waals surface area contributed by atoms with Crippen LogP contribution in [0, 0.1) is 0 Å². The van der Waals surface area contributed by atoms with Crippen molar-refractivity contribution in [3.05, 3.63) is 60.4 Å². The maximum absolute atomic E-state index is 13.6. The number of anilines is 2. The Hall–Kier alpha value is -4.39. The zero-order valence-corrected chi connectivity index (χ0v) is 31.7. The summed E-state index contributed by atoms with van der Waals surface area (Å²) in [4.78, 5) is 37.3. The van der Waals surface area contributed by atoms with Gasteiger partial charge < -0.3 is 15.0 Å². The molecule has 3 fully saturated rings. The monoisotopic (exact) mass is 783 g/mol. The quantitative estimate of drug-likeness (QED) is 0.186. The number of likely N-dealkylation sites (tertiary alicyclic amines) is 1. The summed E-state index contributed by atoms with van der Waals surface area (Å²) in [5.74, 6) is 0.829. The number of urea groups is 1.